The molecule has 1 saturated heterocycles. The van der Waals surface area contributed by atoms with Crippen molar-refractivity contribution < 1.29 is 27.4 Å². The van der Waals surface area contributed by atoms with E-state index in [1.807, 2.05) is 36.4 Å². The fourth-order valence-corrected chi connectivity index (χ4v) is 4.11. The molecule has 2 unspecified atom stereocenters. The van der Waals surface area contributed by atoms with Gasteiger partial charge in [0, 0.05) is 17.8 Å². The Morgan fingerprint density at radius 2 is 2.00 bits per heavy atom. The Morgan fingerprint density at radius 1 is 1.23 bits per heavy atom. The minimum absolute atomic E-state index is 0.127. The van der Waals surface area contributed by atoms with Crippen molar-refractivity contribution in [2.75, 3.05) is 7.11 Å². The van der Waals surface area contributed by atoms with Crippen molar-refractivity contribution in [1.29, 1.82) is 0 Å². The number of alkyl halides is 3. The molecule has 8 heteroatoms. The van der Waals surface area contributed by atoms with E-state index < -0.39 is 17.8 Å². The summed E-state index contributed by atoms with van der Waals surface area (Å²) < 4.78 is 50.1. The first-order valence-electron chi connectivity index (χ1n) is 9.68. The predicted octanol–water partition coefficient (Wildman–Crippen LogP) is 5.07. The lowest BCUT2D eigenvalue weighted by atomic mass is 9.94. The summed E-state index contributed by atoms with van der Waals surface area (Å²) in [6.45, 7) is 0.178. The van der Waals surface area contributed by atoms with Gasteiger partial charge in [0.1, 0.15) is 6.61 Å². The highest BCUT2D eigenvalue weighted by molar-refractivity contribution is 5.76. The van der Waals surface area contributed by atoms with Crippen LogP contribution in [-0.4, -0.2) is 35.2 Å². The van der Waals surface area contributed by atoms with E-state index in [0.29, 0.717) is 17.6 Å². The molecule has 2 aliphatic rings. The van der Waals surface area contributed by atoms with E-state index in [1.54, 1.807) is 4.90 Å². The number of ether oxygens (including phenoxy) is 2. The standard InChI is InChI=1S/C22H21F3N2O3/c1-29-20-19(11-16(12-26-20)22(23,24)25)15-9-17-7-8-18(10-15)27(17)21(28)30-13-14-5-3-2-4-6-14/h2-6,9,11-12,17-18H,7-8,10,13H2,1H3. The second-order valence-corrected chi connectivity index (χ2v) is 7.42. The Bertz CT molecular complexity index is 960. The molecule has 158 valence electrons. The van der Waals surface area contributed by atoms with Crippen LogP contribution in [-0.2, 0) is 17.5 Å². The number of fused-ring (bicyclic) bond motifs is 2. The van der Waals surface area contributed by atoms with Crippen LogP contribution in [0.3, 0.4) is 0 Å². The first kappa shape index (κ1) is 20.3. The topological polar surface area (TPSA) is 51.7 Å². The van der Waals surface area contributed by atoms with Crippen LogP contribution in [0.15, 0.2) is 48.7 Å². The number of hydrogen-bond acceptors (Lipinski definition) is 4. The Labute approximate surface area is 172 Å². The zero-order valence-corrected chi connectivity index (χ0v) is 16.4. The average molecular weight is 418 g/mol. The van der Waals surface area contributed by atoms with Gasteiger partial charge in [-0.25, -0.2) is 9.78 Å². The summed E-state index contributed by atoms with van der Waals surface area (Å²) in [7, 11) is 1.38. The largest absolute Gasteiger partial charge is 0.481 e. The molecule has 1 amide bonds. The zero-order chi connectivity index (χ0) is 21.3. The minimum atomic E-state index is -4.49. The molecule has 30 heavy (non-hydrogen) atoms. The van der Waals surface area contributed by atoms with Gasteiger partial charge < -0.3 is 9.47 Å². The van der Waals surface area contributed by atoms with Crippen LogP contribution in [0.1, 0.15) is 36.0 Å². The molecule has 5 nitrogen and oxygen atoms in total. The Hall–Kier alpha value is -3.03. The maximum absolute atomic E-state index is 13.2. The highest BCUT2D eigenvalue weighted by Gasteiger charge is 2.41. The molecule has 4 rings (SSSR count). The van der Waals surface area contributed by atoms with Crippen molar-refractivity contribution in [3.05, 3.63) is 65.4 Å². The van der Waals surface area contributed by atoms with E-state index in [-0.39, 0.29) is 24.6 Å². The molecule has 2 aromatic rings. The molecule has 1 aromatic carbocycles. The quantitative estimate of drug-likeness (QED) is 0.696. The molecular weight excluding hydrogens is 397 g/mol. The summed E-state index contributed by atoms with van der Waals surface area (Å²) in [5.41, 5.74) is 1.11. The van der Waals surface area contributed by atoms with E-state index in [4.69, 9.17) is 9.47 Å². The average Bonchev–Trinajstić information content (AvgIpc) is 3.01. The van der Waals surface area contributed by atoms with Gasteiger partial charge in [-0.15, -0.1) is 0 Å². The number of nitrogens with zero attached hydrogens (tertiary/aromatic N) is 2. The first-order valence-corrected chi connectivity index (χ1v) is 9.68. The van der Waals surface area contributed by atoms with E-state index >= 15 is 0 Å². The number of carbonyl (C=O) groups excluding carboxylic acids is 1. The van der Waals surface area contributed by atoms with Crippen molar-refractivity contribution in [2.45, 2.75) is 44.1 Å². The molecule has 0 spiro atoms. The third kappa shape index (κ3) is 3.99. The Balaban J connectivity index is 1.55. The lowest BCUT2D eigenvalue weighted by Crippen LogP contribution is -2.43. The van der Waals surface area contributed by atoms with Crippen molar-refractivity contribution in [1.82, 2.24) is 9.88 Å². The van der Waals surface area contributed by atoms with Gasteiger partial charge >= 0.3 is 12.3 Å². The van der Waals surface area contributed by atoms with Gasteiger partial charge in [-0.1, -0.05) is 36.4 Å². The summed E-state index contributed by atoms with van der Waals surface area (Å²) in [5.74, 6) is 0.147. The van der Waals surface area contributed by atoms with Crippen molar-refractivity contribution in [3.8, 4) is 5.88 Å². The fourth-order valence-electron chi connectivity index (χ4n) is 4.11. The number of aromatic nitrogens is 1. The maximum Gasteiger partial charge on any atom is 0.417 e. The van der Waals surface area contributed by atoms with Crippen molar-refractivity contribution in [2.24, 2.45) is 0 Å². The number of methoxy groups -OCH3 is 1. The smallest absolute Gasteiger partial charge is 0.417 e. The van der Waals surface area contributed by atoms with E-state index in [0.717, 1.165) is 30.7 Å². The molecule has 2 aliphatic heterocycles. The Kier molecular flexibility index (Phi) is 5.40. The molecule has 1 aromatic heterocycles. The number of amides is 1. The van der Waals surface area contributed by atoms with Crippen molar-refractivity contribution >= 4 is 11.7 Å². The summed E-state index contributed by atoms with van der Waals surface area (Å²) in [6, 6.07) is 10.1. The van der Waals surface area contributed by atoms with Crippen LogP contribution >= 0.6 is 0 Å². The van der Waals surface area contributed by atoms with E-state index in [1.165, 1.54) is 7.11 Å². The van der Waals surface area contributed by atoms with Crippen LogP contribution < -0.4 is 4.74 Å². The van der Waals surface area contributed by atoms with Crippen molar-refractivity contribution in [3.63, 3.8) is 0 Å². The number of benzene rings is 1. The van der Waals surface area contributed by atoms with Gasteiger partial charge in [-0.2, -0.15) is 13.2 Å². The molecule has 1 fully saturated rings. The van der Waals surface area contributed by atoms with Crippen LogP contribution in [0, 0.1) is 0 Å². The summed E-state index contributed by atoms with van der Waals surface area (Å²) in [5, 5.41) is 0. The van der Waals surface area contributed by atoms with Crippen LogP contribution in [0.2, 0.25) is 0 Å². The third-order valence-corrected chi connectivity index (χ3v) is 5.53. The normalized spacial score (nSPS) is 20.7. The third-order valence-electron chi connectivity index (χ3n) is 5.53. The van der Waals surface area contributed by atoms with Gasteiger partial charge in [0.25, 0.3) is 0 Å². The molecule has 2 bridgehead atoms. The number of hydrogen-bond donors (Lipinski definition) is 0. The number of carbonyl (C=O) groups is 1. The molecule has 2 atom stereocenters. The maximum atomic E-state index is 13.2. The molecule has 0 aliphatic carbocycles. The van der Waals surface area contributed by atoms with Crippen LogP contribution in [0.4, 0.5) is 18.0 Å². The van der Waals surface area contributed by atoms with Gasteiger partial charge in [0.05, 0.1) is 18.7 Å². The lowest BCUT2D eigenvalue weighted by molar-refractivity contribution is -0.137. The van der Waals surface area contributed by atoms with Gasteiger partial charge in [0.2, 0.25) is 5.88 Å². The van der Waals surface area contributed by atoms with Gasteiger partial charge in [-0.3, -0.25) is 4.90 Å². The van der Waals surface area contributed by atoms with Crippen LogP contribution in [0.25, 0.3) is 5.57 Å². The summed E-state index contributed by atoms with van der Waals surface area (Å²) in [6.07, 6.45) is -0.356. The SMILES string of the molecule is COc1ncc(C(F)(F)F)cc1C1=CC2CCC(C1)N2C(=O)OCc1ccccc1. The van der Waals surface area contributed by atoms with Gasteiger partial charge in [0.15, 0.2) is 0 Å². The monoisotopic (exact) mass is 418 g/mol. The lowest BCUT2D eigenvalue weighted by Gasteiger charge is -2.33. The second-order valence-electron chi connectivity index (χ2n) is 7.42. The second kappa shape index (κ2) is 8.01. The van der Waals surface area contributed by atoms with Crippen LogP contribution in [0.5, 0.6) is 5.88 Å². The number of rotatable bonds is 4. The highest BCUT2D eigenvalue weighted by atomic mass is 19.4. The minimum Gasteiger partial charge on any atom is -0.481 e. The first-order chi connectivity index (χ1) is 14.4. The van der Waals surface area contributed by atoms with E-state index in [9.17, 15) is 18.0 Å². The predicted molar refractivity (Wildman–Crippen MR) is 104 cm³/mol. The molecular formula is C22H21F3N2O3. The number of pyridine rings is 1. The highest BCUT2D eigenvalue weighted by Crippen LogP contribution is 2.42. The zero-order valence-electron chi connectivity index (χ0n) is 16.4. The van der Waals surface area contributed by atoms with E-state index in [2.05, 4.69) is 4.98 Å². The molecule has 0 N–H and O–H groups in total. The van der Waals surface area contributed by atoms with Gasteiger partial charge in [-0.05, 0) is 36.5 Å². The number of halogens is 3. The summed E-state index contributed by atoms with van der Waals surface area (Å²) >= 11 is 0. The molecule has 3 heterocycles. The fraction of sp³-hybridized carbons (Fsp3) is 0.364. The molecule has 0 radical (unpaired) electrons. The Morgan fingerprint density at radius 3 is 2.67 bits per heavy atom. The summed E-state index contributed by atoms with van der Waals surface area (Å²) in [4.78, 5) is 18.2. The molecule has 0 saturated carbocycles.